The third-order valence-corrected chi connectivity index (χ3v) is 4.78. The Hall–Kier alpha value is -2.61. The van der Waals surface area contributed by atoms with E-state index in [1.165, 1.54) is 36.5 Å². The molecule has 0 amide bonds. The number of nitrogens with zero attached hydrogens (tertiary/aromatic N) is 1. The van der Waals surface area contributed by atoms with E-state index < -0.39 is 5.82 Å². The second-order valence-corrected chi connectivity index (χ2v) is 6.78. The summed E-state index contributed by atoms with van der Waals surface area (Å²) in [4.78, 5) is 3.72. The highest BCUT2D eigenvalue weighted by Crippen LogP contribution is 2.28. The Morgan fingerprint density at radius 2 is 1.37 bits per heavy atom. The first-order chi connectivity index (χ1) is 13.2. The smallest absolute Gasteiger partial charge is 0.150 e. The molecule has 0 radical (unpaired) electrons. The van der Waals surface area contributed by atoms with Gasteiger partial charge in [0.25, 0.3) is 0 Å². The third kappa shape index (κ3) is 4.97. The predicted molar refractivity (Wildman–Crippen MR) is 115 cm³/mol. The van der Waals surface area contributed by atoms with Crippen LogP contribution in [0.3, 0.4) is 0 Å². The summed E-state index contributed by atoms with van der Waals surface area (Å²) in [5, 5.41) is 2.20. The monoisotopic (exact) mass is 375 g/mol. The van der Waals surface area contributed by atoms with Crippen LogP contribution in [0.5, 0.6) is 0 Å². The van der Waals surface area contributed by atoms with Gasteiger partial charge in [-0.1, -0.05) is 74.4 Å². The topological polar surface area (TPSA) is 12.4 Å². The number of rotatable bonds is 7. The van der Waals surface area contributed by atoms with Gasteiger partial charge in [0.1, 0.15) is 11.5 Å². The Bertz CT molecular complexity index is 939. The minimum atomic E-state index is -0.396. The summed E-state index contributed by atoms with van der Waals surface area (Å²) < 4.78 is 14.0. The van der Waals surface area contributed by atoms with Crippen molar-refractivity contribution in [3.05, 3.63) is 78.1 Å². The molecule has 0 aliphatic rings. The summed E-state index contributed by atoms with van der Waals surface area (Å²) in [6.07, 6.45) is 4.91. The summed E-state index contributed by atoms with van der Waals surface area (Å²) in [7, 11) is 0. The first-order valence-corrected chi connectivity index (χ1v) is 9.69. The fraction of sp³-hybridized carbons (Fsp3) is 0.208. The van der Waals surface area contributed by atoms with Crippen LogP contribution in [-0.4, -0.2) is 5.16 Å². The average molecular weight is 376 g/mol. The summed E-state index contributed by atoms with van der Waals surface area (Å²) >= 11 is 4.53. The van der Waals surface area contributed by atoms with Crippen molar-refractivity contribution in [3.8, 4) is 22.3 Å². The molecule has 0 saturated carbocycles. The Balaban J connectivity index is 1.75. The summed E-state index contributed by atoms with van der Waals surface area (Å²) in [6, 6.07) is 21.9. The van der Waals surface area contributed by atoms with E-state index in [1.54, 1.807) is 6.07 Å². The lowest BCUT2D eigenvalue weighted by atomic mass is 9.98. The molecule has 0 bridgehead atoms. The van der Waals surface area contributed by atoms with Crippen LogP contribution in [-0.2, 0) is 6.42 Å². The lowest BCUT2D eigenvalue weighted by Gasteiger charge is -2.07. The van der Waals surface area contributed by atoms with Gasteiger partial charge in [0.05, 0.1) is 5.16 Å². The van der Waals surface area contributed by atoms with Crippen LogP contribution >= 0.6 is 12.2 Å². The van der Waals surface area contributed by atoms with Crippen LogP contribution in [0.25, 0.3) is 22.3 Å². The highest BCUT2D eigenvalue weighted by atomic mass is 32.1. The van der Waals surface area contributed by atoms with E-state index in [4.69, 9.17) is 0 Å². The molecule has 0 aromatic heterocycles. The van der Waals surface area contributed by atoms with Crippen molar-refractivity contribution in [2.75, 3.05) is 0 Å². The zero-order valence-electron chi connectivity index (χ0n) is 15.4. The van der Waals surface area contributed by atoms with Gasteiger partial charge in [0.15, 0.2) is 0 Å². The van der Waals surface area contributed by atoms with Crippen molar-refractivity contribution in [1.82, 2.24) is 0 Å². The van der Waals surface area contributed by atoms with Crippen molar-refractivity contribution in [2.24, 2.45) is 4.99 Å². The van der Waals surface area contributed by atoms with Crippen LogP contribution in [0, 0.1) is 5.82 Å². The minimum absolute atomic E-state index is 0.212. The molecule has 3 rings (SSSR count). The number of thiocarbonyl (C=S) groups is 1. The molecule has 3 aromatic rings. The summed E-state index contributed by atoms with van der Waals surface area (Å²) in [5.74, 6) is -0.396. The maximum absolute atomic E-state index is 14.0. The Morgan fingerprint density at radius 3 is 1.93 bits per heavy atom. The fourth-order valence-corrected chi connectivity index (χ4v) is 3.22. The van der Waals surface area contributed by atoms with Crippen molar-refractivity contribution in [3.63, 3.8) is 0 Å². The SMILES string of the molecule is CCCCCc1ccc(-c2ccc(-c3ccc(N=C=S)c(F)c3)cc2)cc1. The summed E-state index contributed by atoms with van der Waals surface area (Å²) in [5.41, 5.74) is 5.72. The van der Waals surface area contributed by atoms with Crippen LogP contribution in [0.1, 0.15) is 31.7 Å². The molecule has 136 valence electrons. The number of isothiocyanates is 1. The maximum Gasteiger partial charge on any atom is 0.150 e. The first-order valence-electron chi connectivity index (χ1n) is 9.28. The van der Waals surface area contributed by atoms with E-state index >= 15 is 0 Å². The molecule has 27 heavy (non-hydrogen) atoms. The number of unbranched alkanes of at least 4 members (excludes halogenated alkanes) is 2. The Kier molecular flexibility index (Phi) is 6.64. The molecule has 0 unspecified atom stereocenters. The number of aryl methyl sites for hydroxylation is 1. The van der Waals surface area contributed by atoms with Gasteiger partial charge in [0.2, 0.25) is 0 Å². The molecule has 0 aliphatic heterocycles. The van der Waals surface area contributed by atoms with Gasteiger partial charge in [-0.2, -0.15) is 4.99 Å². The number of hydrogen-bond acceptors (Lipinski definition) is 2. The minimum Gasteiger partial charge on any atom is -0.205 e. The van der Waals surface area contributed by atoms with Crippen molar-refractivity contribution in [2.45, 2.75) is 32.6 Å². The highest BCUT2D eigenvalue weighted by molar-refractivity contribution is 7.78. The number of benzene rings is 3. The number of hydrogen-bond donors (Lipinski definition) is 0. The van der Waals surface area contributed by atoms with E-state index in [0.29, 0.717) is 0 Å². The lowest BCUT2D eigenvalue weighted by molar-refractivity contribution is 0.630. The van der Waals surface area contributed by atoms with E-state index in [1.807, 2.05) is 18.2 Å². The molecule has 0 aliphatic carbocycles. The van der Waals surface area contributed by atoms with Gasteiger partial charge in [-0.25, -0.2) is 4.39 Å². The lowest BCUT2D eigenvalue weighted by Crippen LogP contribution is -1.86. The van der Waals surface area contributed by atoms with Crippen LogP contribution < -0.4 is 0 Å². The van der Waals surface area contributed by atoms with Gasteiger partial charge in [-0.05, 0) is 65.0 Å². The highest BCUT2D eigenvalue weighted by Gasteiger charge is 2.05. The third-order valence-electron chi connectivity index (χ3n) is 4.69. The van der Waals surface area contributed by atoms with E-state index in [9.17, 15) is 4.39 Å². The van der Waals surface area contributed by atoms with Crippen LogP contribution in [0.15, 0.2) is 71.7 Å². The van der Waals surface area contributed by atoms with Gasteiger partial charge < -0.3 is 0 Å². The molecule has 0 fully saturated rings. The normalized spacial score (nSPS) is 10.4. The van der Waals surface area contributed by atoms with Crippen LogP contribution in [0.2, 0.25) is 0 Å². The molecular weight excluding hydrogens is 353 g/mol. The number of aliphatic imine (C=N–C) groups is 1. The second-order valence-electron chi connectivity index (χ2n) is 6.60. The molecule has 0 atom stereocenters. The fourth-order valence-electron chi connectivity index (χ4n) is 3.12. The zero-order chi connectivity index (χ0) is 19.1. The van der Waals surface area contributed by atoms with Crippen molar-refractivity contribution >= 4 is 23.1 Å². The standard InChI is InChI=1S/C24H22FNS/c1-2-3-4-5-18-6-8-19(9-7-18)20-10-12-21(13-11-20)22-14-15-24(26-17-27)23(25)16-22/h6-16H,2-5H2,1H3. The molecule has 3 aromatic carbocycles. The zero-order valence-corrected chi connectivity index (χ0v) is 16.2. The molecular formula is C24H22FNS. The quantitative estimate of drug-likeness (QED) is 0.235. The van der Waals surface area contributed by atoms with Crippen LogP contribution in [0.4, 0.5) is 10.1 Å². The predicted octanol–water partition coefficient (Wildman–Crippen LogP) is 7.63. The molecule has 0 heterocycles. The molecule has 3 heteroatoms. The van der Waals surface area contributed by atoms with E-state index in [-0.39, 0.29) is 5.69 Å². The molecule has 0 saturated heterocycles. The number of halogens is 1. The molecule has 0 spiro atoms. The maximum atomic E-state index is 14.0. The molecule has 1 nitrogen and oxygen atoms in total. The van der Waals surface area contributed by atoms with Crippen molar-refractivity contribution in [1.29, 1.82) is 0 Å². The van der Waals surface area contributed by atoms with Gasteiger partial charge >= 0.3 is 0 Å². The van der Waals surface area contributed by atoms with E-state index in [2.05, 4.69) is 65.7 Å². The van der Waals surface area contributed by atoms with Crippen molar-refractivity contribution < 1.29 is 4.39 Å². The van der Waals surface area contributed by atoms with E-state index in [0.717, 1.165) is 23.1 Å². The van der Waals surface area contributed by atoms with Gasteiger partial charge in [-0.3, -0.25) is 0 Å². The Morgan fingerprint density at radius 1 is 0.815 bits per heavy atom. The van der Waals surface area contributed by atoms with Gasteiger partial charge in [-0.15, -0.1) is 0 Å². The largest absolute Gasteiger partial charge is 0.205 e. The first kappa shape index (κ1) is 19.2. The molecule has 0 N–H and O–H groups in total. The van der Waals surface area contributed by atoms with Gasteiger partial charge in [0, 0.05) is 0 Å². The Labute approximate surface area is 165 Å². The second kappa shape index (κ2) is 9.36. The average Bonchev–Trinajstić information content (AvgIpc) is 2.71. The summed E-state index contributed by atoms with van der Waals surface area (Å²) in [6.45, 7) is 2.23.